The molecule has 1 aromatic rings. The Labute approximate surface area is 150 Å². The van der Waals surface area contributed by atoms with Gasteiger partial charge in [0.05, 0.1) is 23.4 Å². The van der Waals surface area contributed by atoms with E-state index >= 15 is 0 Å². The van der Waals surface area contributed by atoms with Crippen LogP contribution < -0.4 is 10.2 Å². The second kappa shape index (κ2) is 9.08. The van der Waals surface area contributed by atoms with E-state index in [0.29, 0.717) is 17.7 Å². The van der Waals surface area contributed by atoms with Crippen LogP contribution >= 0.6 is 24.8 Å². The minimum Gasteiger partial charge on any atom is -0.378 e. The van der Waals surface area contributed by atoms with Gasteiger partial charge in [0.1, 0.15) is 0 Å². The number of benzene rings is 1. The van der Waals surface area contributed by atoms with E-state index in [9.17, 15) is 8.42 Å². The topological polar surface area (TPSA) is 58.6 Å². The molecule has 0 unspecified atom stereocenters. The Hall–Kier alpha value is -0.530. The zero-order valence-corrected chi connectivity index (χ0v) is 15.4. The lowest BCUT2D eigenvalue weighted by molar-refractivity contribution is 0.122. The third kappa shape index (κ3) is 4.73. The Morgan fingerprint density at radius 2 is 1.57 bits per heavy atom. The minimum absolute atomic E-state index is 0. The van der Waals surface area contributed by atoms with E-state index in [0.717, 1.165) is 45.1 Å². The smallest absolute Gasteiger partial charge is 0.181 e. The van der Waals surface area contributed by atoms with E-state index in [-0.39, 0.29) is 30.1 Å². The molecule has 0 saturated carbocycles. The number of morpholine rings is 1. The highest BCUT2D eigenvalue weighted by molar-refractivity contribution is 7.92. The van der Waals surface area contributed by atoms with Crippen molar-refractivity contribution < 1.29 is 13.2 Å². The summed E-state index contributed by atoms with van der Waals surface area (Å²) < 4.78 is 30.6. The first-order chi connectivity index (χ1) is 10.2. The van der Waals surface area contributed by atoms with Crippen molar-refractivity contribution in [2.45, 2.75) is 23.0 Å². The van der Waals surface area contributed by atoms with E-state index in [1.54, 1.807) is 12.1 Å². The number of halogens is 2. The number of anilines is 1. The predicted molar refractivity (Wildman–Crippen MR) is 97.0 cm³/mol. The largest absolute Gasteiger partial charge is 0.378 e. The van der Waals surface area contributed by atoms with Crippen LogP contribution in [0.2, 0.25) is 0 Å². The summed E-state index contributed by atoms with van der Waals surface area (Å²) in [5, 5.41) is 2.96. The van der Waals surface area contributed by atoms with E-state index < -0.39 is 9.84 Å². The SMILES string of the molecule is Cl.Cl.O=S(=O)(c1ccc(N2CCOCC2)cc1)C1CCNCC1. The molecule has 2 aliphatic heterocycles. The van der Waals surface area contributed by atoms with Crippen molar-refractivity contribution in [2.24, 2.45) is 0 Å². The molecule has 0 atom stereocenters. The summed E-state index contributed by atoms with van der Waals surface area (Å²) in [5.41, 5.74) is 1.07. The van der Waals surface area contributed by atoms with Gasteiger partial charge in [-0.25, -0.2) is 8.42 Å². The van der Waals surface area contributed by atoms with Crippen molar-refractivity contribution in [3.05, 3.63) is 24.3 Å². The third-order valence-electron chi connectivity index (χ3n) is 4.27. The first kappa shape index (κ1) is 20.5. The highest BCUT2D eigenvalue weighted by Gasteiger charge is 2.28. The lowest BCUT2D eigenvalue weighted by Gasteiger charge is -2.29. The van der Waals surface area contributed by atoms with E-state index in [1.807, 2.05) is 12.1 Å². The van der Waals surface area contributed by atoms with Gasteiger partial charge in [-0.1, -0.05) is 0 Å². The number of piperidine rings is 1. The van der Waals surface area contributed by atoms with Crippen LogP contribution in [0, 0.1) is 0 Å². The molecule has 23 heavy (non-hydrogen) atoms. The lowest BCUT2D eigenvalue weighted by Crippen LogP contribution is -2.36. The van der Waals surface area contributed by atoms with Gasteiger partial charge in [-0.05, 0) is 50.2 Å². The van der Waals surface area contributed by atoms with Crippen LogP contribution in [0.25, 0.3) is 0 Å². The zero-order valence-electron chi connectivity index (χ0n) is 12.9. The molecule has 1 N–H and O–H groups in total. The van der Waals surface area contributed by atoms with Crippen molar-refractivity contribution in [3.8, 4) is 0 Å². The fourth-order valence-electron chi connectivity index (χ4n) is 2.97. The maximum absolute atomic E-state index is 12.6. The van der Waals surface area contributed by atoms with Crippen LogP contribution in [0.3, 0.4) is 0 Å². The second-order valence-electron chi connectivity index (χ2n) is 5.59. The molecule has 2 saturated heterocycles. The summed E-state index contributed by atoms with van der Waals surface area (Å²) in [6.07, 6.45) is 1.40. The van der Waals surface area contributed by atoms with Crippen molar-refractivity contribution in [1.29, 1.82) is 0 Å². The fourth-order valence-corrected chi connectivity index (χ4v) is 4.72. The molecule has 1 aromatic carbocycles. The highest BCUT2D eigenvalue weighted by atomic mass is 35.5. The van der Waals surface area contributed by atoms with Crippen molar-refractivity contribution in [1.82, 2.24) is 5.32 Å². The van der Waals surface area contributed by atoms with Gasteiger partial charge in [-0.3, -0.25) is 0 Å². The van der Waals surface area contributed by atoms with E-state index in [4.69, 9.17) is 4.74 Å². The summed E-state index contributed by atoms with van der Waals surface area (Å²) in [6.45, 7) is 4.76. The van der Waals surface area contributed by atoms with Crippen molar-refractivity contribution in [3.63, 3.8) is 0 Å². The maximum Gasteiger partial charge on any atom is 0.181 e. The lowest BCUT2D eigenvalue weighted by atomic mass is 10.2. The van der Waals surface area contributed by atoms with Crippen LogP contribution in [0.1, 0.15) is 12.8 Å². The van der Waals surface area contributed by atoms with Gasteiger partial charge >= 0.3 is 0 Å². The maximum atomic E-state index is 12.6. The zero-order chi connectivity index (χ0) is 14.7. The average molecular weight is 383 g/mol. The van der Waals surface area contributed by atoms with Gasteiger partial charge in [0, 0.05) is 18.8 Å². The average Bonchev–Trinajstić information content (AvgIpc) is 2.57. The highest BCUT2D eigenvalue weighted by Crippen LogP contribution is 2.25. The quantitative estimate of drug-likeness (QED) is 0.864. The fraction of sp³-hybridized carbons (Fsp3) is 0.600. The molecule has 3 rings (SSSR count). The molecule has 0 amide bonds. The molecule has 2 fully saturated rings. The molecule has 5 nitrogen and oxygen atoms in total. The Kier molecular flexibility index (Phi) is 8.10. The Morgan fingerprint density at radius 3 is 2.13 bits per heavy atom. The molecule has 0 aliphatic carbocycles. The molecule has 132 valence electrons. The standard InChI is InChI=1S/C15H22N2O3S.2ClH/c18-21(19,15-5-7-16-8-6-15)14-3-1-13(2-4-14)17-9-11-20-12-10-17;;/h1-4,15-16H,5-12H2;2*1H. The number of nitrogens with one attached hydrogen (secondary N) is 1. The van der Waals surface area contributed by atoms with E-state index in [1.165, 1.54) is 0 Å². The third-order valence-corrected chi connectivity index (χ3v) is 6.54. The van der Waals surface area contributed by atoms with Gasteiger partial charge in [0.15, 0.2) is 9.84 Å². The Bertz CT molecular complexity index is 569. The molecular formula is C15H24Cl2N2O3S. The molecule has 0 spiro atoms. The van der Waals surface area contributed by atoms with Gasteiger partial charge < -0.3 is 15.0 Å². The normalized spacial score (nSPS) is 19.6. The monoisotopic (exact) mass is 382 g/mol. The molecule has 0 aromatic heterocycles. The van der Waals surface area contributed by atoms with Crippen LogP contribution in [0.15, 0.2) is 29.2 Å². The summed E-state index contributed by atoms with van der Waals surface area (Å²) in [5.74, 6) is 0. The van der Waals surface area contributed by atoms with Crippen LogP contribution in [-0.2, 0) is 14.6 Å². The first-order valence-electron chi connectivity index (χ1n) is 7.55. The number of sulfone groups is 1. The van der Waals surface area contributed by atoms with Gasteiger partial charge in [0.25, 0.3) is 0 Å². The molecule has 2 aliphatic rings. The number of hydrogen-bond acceptors (Lipinski definition) is 5. The Balaban J connectivity index is 0.00000132. The Morgan fingerprint density at radius 1 is 1.00 bits per heavy atom. The van der Waals surface area contributed by atoms with Crippen LogP contribution in [0.5, 0.6) is 0 Å². The van der Waals surface area contributed by atoms with Crippen molar-refractivity contribution >= 4 is 40.3 Å². The number of ether oxygens (including phenoxy) is 1. The number of hydrogen-bond donors (Lipinski definition) is 1. The second-order valence-corrected chi connectivity index (χ2v) is 7.82. The minimum atomic E-state index is -3.19. The number of nitrogens with zero attached hydrogens (tertiary/aromatic N) is 1. The summed E-state index contributed by atoms with van der Waals surface area (Å²) >= 11 is 0. The van der Waals surface area contributed by atoms with Gasteiger partial charge in [-0.2, -0.15) is 0 Å². The summed E-state index contributed by atoms with van der Waals surface area (Å²) in [4.78, 5) is 2.68. The summed E-state index contributed by atoms with van der Waals surface area (Å²) in [6, 6.07) is 7.34. The molecular weight excluding hydrogens is 359 g/mol. The molecule has 0 radical (unpaired) electrons. The van der Waals surface area contributed by atoms with E-state index in [2.05, 4.69) is 10.2 Å². The molecule has 0 bridgehead atoms. The predicted octanol–water partition coefficient (Wildman–Crippen LogP) is 1.89. The molecule has 2 heterocycles. The van der Waals surface area contributed by atoms with Gasteiger partial charge in [0.2, 0.25) is 0 Å². The molecule has 8 heteroatoms. The first-order valence-corrected chi connectivity index (χ1v) is 9.10. The summed E-state index contributed by atoms with van der Waals surface area (Å²) in [7, 11) is -3.19. The number of rotatable bonds is 3. The van der Waals surface area contributed by atoms with Gasteiger partial charge in [-0.15, -0.1) is 24.8 Å². The van der Waals surface area contributed by atoms with Crippen LogP contribution in [-0.4, -0.2) is 53.1 Å². The van der Waals surface area contributed by atoms with Crippen molar-refractivity contribution in [2.75, 3.05) is 44.3 Å². The van der Waals surface area contributed by atoms with Crippen LogP contribution in [0.4, 0.5) is 5.69 Å².